The second kappa shape index (κ2) is 7.85. The number of hydrogen-bond acceptors (Lipinski definition) is 3. The van der Waals surface area contributed by atoms with Crippen molar-refractivity contribution in [3.8, 4) is 0 Å². The molecule has 110 valence electrons. The van der Waals surface area contributed by atoms with E-state index in [9.17, 15) is 4.79 Å². The molecule has 2 unspecified atom stereocenters. The first kappa shape index (κ1) is 14.8. The van der Waals surface area contributed by atoms with Gasteiger partial charge in [-0.25, -0.2) is 0 Å². The molecule has 2 rings (SSSR count). The minimum atomic E-state index is 0.207. The van der Waals surface area contributed by atoms with Crippen molar-refractivity contribution in [1.82, 2.24) is 15.5 Å². The molecule has 2 fully saturated rings. The van der Waals surface area contributed by atoms with Gasteiger partial charge in [-0.15, -0.1) is 0 Å². The fourth-order valence-corrected chi connectivity index (χ4v) is 3.16. The second-order valence-corrected chi connectivity index (χ2v) is 6.27. The molecule has 4 heteroatoms. The first-order chi connectivity index (χ1) is 9.24. The largest absolute Gasteiger partial charge is 0.356 e. The van der Waals surface area contributed by atoms with Crippen molar-refractivity contribution in [1.29, 1.82) is 0 Å². The minimum Gasteiger partial charge on any atom is -0.356 e. The van der Waals surface area contributed by atoms with Crippen LogP contribution in [0.1, 0.15) is 45.4 Å². The van der Waals surface area contributed by atoms with Crippen LogP contribution in [0.5, 0.6) is 0 Å². The van der Waals surface area contributed by atoms with Gasteiger partial charge in [0.1, 0.15) is 0 Å². The monoisotopic (exact) mass is 267 g/mol. The average Bonchev–Trinajstić information content (AvgIpc) is 2.62. The molecular weight excluding hydrogens is 238 g/mol. The van der Waals surface area contributed by atoms with Gasteiger partial charge in [-0.3, -0.25) is 4.79 Å². The number of piperidine rings is 1. The first-order valence-electron chi connectivity index (χ1n) is 7.96. The van der Waals surface area contributed by atoms with E-state index < -0.39 is 0 Å². The highest BCUT2D eigenvalue weighted by molar-refractivity contribution is 5.76. The van der Waals surface area contributed by atoms with Crippen LogP contribution in [0.4, 0.5) is 0 Å². The fourth-order valence-electron chi connectivity index (χ4n) is 3.16. The van der Waals surface area contributed by atoms with Crippen molar-refractivity contribution >= 4 is 5.91 Å². The van der Waals surface area contributed by atoms with Crippen molar-refractivity contribution in [2.45, 2.75) is 51.5 Å². The van der Waals surface area contributed by atoms with Gasteiger partial charge in [0.2, 0.25) is 5.91 Å². The summed E-state index contributed by atoms with van der Waals surface area (Å²) in [6.45, 7) is 7.95. The third kappa shape index (κ3) is 5.49. The fraction of sp³-hybridized carbons (Fsp3) is 0.933. The molecule has 0 aliphatic carbocycles. The Hall–Kier alpha value is -0.610. The van der Waals surface area contributed by atoms with E-state index in [0.717, 1.165) is 25.9 Å². The SMILES string of the molecule is CC(CNC1CCCNC(=O)C1)CN1CCCCC1. The molecule has 19 heavy (non-hydrogen) atoms. The van der Waals surface area contributed by atoms with E-state index >= 15 is 0 Å². The number of carbonyl (C=O) groups is 1. The number of hydrogen-bond donors (Lipinski definition) is 2. The highest BCUT2D eigenvalue weighted by Crippen LogP contribution is 2.11. The van der Waals surface area contributed by atoms with Gasteiger partial charge in [0, 0.05) is 25.6 Å². The normalized spacial score (nSPS) is 27.6. The van der Waals surface area contributed by atoms with Crippen LogP contribution in [0.3, 0.4) is 0 Å². The molecule has 2 atom stereocenters. The number of amides is 1. The van der Waals surface area contributed by atoms with E-state index in [1.807, 2.05) is 0 Å². The highest BCUT2D eigenvalue weighted by atomic mass is 16.1. The number of carbonyl (C=O) groups excluding carboxylic acids is 1. The Morgan fingerprint density at radius 3 is 2.89 bits per heavy atom. The van der Waals surface area contributed by atoms with E-state index in [1.165, 1.54) is 38.9 Å². The zero-order valence-corrected chi connectivity index (χ0v) is 12.3. The summed E-state index contributed by atoms with van der Waals surface area (Å²) in [5.74, 6) is 0.878. The number of nitrogens with one attached hydrogen (secondary N) is 2. The Morgan fingerprint density at radius 2 is 2.11 bits per heavy atom. The van der Waals surface area contributed by atoms with E-state index in [1.54, 1.807) is 0 Å². The Labute approximate surface area is 117 Å². The smallest absolute Gasteiger partial charge is 0.221 e. The second-order valence-electron chi connectivity index (χ2n) is 6.27. The van der Waals surface area contributed by atoms with Crippen LogP contribution in [-0.2, 0) is 4.79 Å². The number of rotatable bonds is 5. The average molecular weight is 267 g/mol. The predicted molar refractivity (Wildman–Crippen MR) is 78.1 cm³/mol. The summed E-state index contributed by atoms with van der Waals surface area (Å²) in [6, 6.07) is 0.381. The molecule has 2 heterocycles. The highest BCUT2D eigenvalue weighted by Gasteiger charge is 2.18. The van der Waals surface area contributed by atoms with E-state index in [-0.39, 0.29) is 5.91 Å². The minimum absolute atomic E-state index is 0.207. The molecule has 2 aliphatic rings. The van der Waals surface area contributed by atoms with Gasteiger partial charge in [0.05, 0.1) is 0 Å². The maximum Gasteiger partial charge on any atom is 0.221 e. The lowest BCUT2D eigenvalue weighted by molar-refractivity contribution is -0.121. The number of nitrogens with zero attached hydrogens (tertiary/aromatic N) is 1. The maximum absolute atomic E-state index is 11.5. The molecule has 0 bridgehead atoms. The number of likely N-dealkylation sites (tertiary alicyclic amines) is 1. The standard InChI is InChI=1S/C15H29N3O/c1-13(12-18-8-3-2-4-9-18)11-17-14-6-5-7-16-15(19)10-14/h13-14,17H,2-12H2,1H3,(H,16,19). The Balaban J connectivity index is 1.64. The van der Waals surface area contributed by atoms with E-state index in [4.69, 9.17) is 0 Å². The molecule has 0 aromatic rings. The van der Waals surface area contributed by atoms with Gasteiger partial charge in [0.25, 0.3) is 0 Å². The lowest BCUT2D eigenvalue weighted by Gasteiger charge is -2.29. The van der Waals surface area contributed by atoms with Gasteiger partial charge in [0.15, 0.2) is 0 Å². The van der Waals surface area contributed by atoms with Crippen molar-refractivity contribution in [2.24, 2.45) is 5.92 Å². The zero-order chi connectivity index (χ0) is 13.5. The van der Waals surface area contributed by atoms with Crippen LogP contribution in [0.25, 0.3) is 0 Å². The quantitative estimate of drug-likeness (QED) is 0.791. The van der Waals surface area contributed by atoms with E-state index in [2.05, 4.69) is 22.5 Å². The van der Waals surface area contributed by atoms with Crippen LogP contribution in [-0.4, -0.2) is 49.6 Å². The van der Waals surface area contributed by atoms with Crippen molar-refractivity contribution in [3.05, 3.63) is 0 Å². The summed E-state index contributed by atoms with van der Waals surface area (Å²) < 4.78 is 0. The summed E-state index contributed by atoms with van der Waals surface area (Å²) in [4.78, 5) is 14.1. The lowest BCUT2D eigenvalue weighted by Crippen LogP contribution is -2.40. The molecule has 2 saturated heterocycles. The molecule has 2 aliphatic heterocycles. The van der Waals surface area contributed by atoms with Crippen LogP contribution < -0.4 is 10.6 Å². The van der Waals surface area contributed by atoms with Gasteiger partial charge in [-0.1, -0.05) is 13.3 Å². The molecule has 4 nitrogen and oxygen atoms in total. The van der Waals surface area contributed by atoms with Gasteiger partial charge >= 0.3 is 0 Å². The topological polar surface area (TPSA) is 44.4 Å². The van der Waals surface area contributed by atoms with Gasteiger partial charge < -0.3 is 15.5 Å². The maximum atomic E-state index is 11.5. The third-order valence-electron chi connectivity index (χ3n) is 4.26. The summed E-state index contributed by atoms with van der Waals surface area (Å²) in [6.07, 6.45) is 7.00. The summed E-state index contributed by atoms with van der Waals surface area (Å²) in [5.41, 5.74) is 0. The Bertz CT molecular complexity index is 277. The molecule has 2 N–H and O–H groups in total. The van der Waals surface area contributed by atoms with Crippen LogP contribution in [0.15, 0.2) is 0 Å². The summed E-state index contributed by atoms with van der Waals surface area (Å²) in [5, 5.41) is 6.53. The molecule has 0 saturated carbocycles. The lowest BCUT2D eigenvalue weighted by atomic mass is 10.1. The Morgan fingerprint density at radius 1 is 1.32 bits per heavy atom. The van der Waals surface area contributed by atoms with Crippen LogP contribution in [0, 0.1) is 5.92 Å². The third-order valence-corrected chi connectivity index (χ3v) is 4.26. The molecule has 0 spiro atoms. The zero-order valence-electron chi connectivity index (χ0n) is 12.3. The van der Waals surface area contributed by atoms with Crippen LogP contribution in [0.2, 0.25) is 0 Å². The van der Waals surface area contributed by atoms with Gasteiger partial charge in [-0.05, 0) is 51.2 Å². The van der Waals surface area contributed by atoms with E-state index in [0.29, 0.717) is 18.4 Å². The molecule has 0 aromatic carbocycles. The summed E-state index contributed by atoms with van der Waals surface area (Å²) in [7, 11) is 0. The van der Waals surface area contributed by atoms with Crippen LogP contribution >= 0.6 is 0 Å². The summed E-state index contributed by atoms with van der Waals surface area (Å²) >= 11 is 0. The van der Waals surface area contributed by atoms with Crippen molar-refractivity contribution < 1.29 is 4.79 Å². The van der Waals surface area contributed by atoms with Crippen molar-refractivity contribution in [3.63, 3.8) is 0 Å². The molecule has 0 aromatic heterocycles. The Kier molecular flexibility index (Phi) is 6.11. The van der Waals surface area contributed by atoms with Gasteiger partial charge in [-0.2, -0.15) is 0 Å². The predicted octanol–water partition coefficient (Wildman–Crippen LogP) is 1.37. The molecule has 0 radical (unpaired) electrons. The molecule has 1 amide bonds. The molecular formula is C15H29N3O. The van der Waals surface area contributed by atoms with Crippen molar-refractivity contribution in [2.75, 3.05) is 32.7 Å². The first-order valence-corrected chi connectivity index (χ1v) is 7.96.